The van der Waals surface area contributed by atoms with Crippen molar-refractivity contribution in [1.82, 2.24) is 0 Å². The van der Waals surface area contributed by atoms with Gasteiger partial charge >= 0.3 is 0 Å². The maximum absolute atomic E-state index is 13.9. The van der Waals surface area contributed by atoms with E-state index in [4.69, 9.17) is 0 Å². The largest absolute Gasteiger partial charge is 0.733 e. The highest BCUT2D eigenvalue weighted by Gasteiger charge is 2.62. The van der Waals surface area contributed by atoms with Crippen LogP contribution in [-0.2, 0) is 15.0 Å². The van der Waals surface area contributed by atoms with Gasteiger partial charge in [-0.2, -0.15) is 0 Å². The molecule has 1 aliphatic heterocycles. The highest BCUT2D eigenvalue weighted by atomic mass is 16.8. The molecule has 0 spiro atoms. The summed E-state index contributed by atoms with van der Waals surface area (Å²) in [6, 6.07) is 20.7. The number of nitrogens with zero attached hydrogens (tertiary/aromatic N) is 2. The molecule has 1 fully saturated rings. The van der Waals surface area contributed by atoms with E-state index >= 15 is 0 Å². The summed E-state index contributed by atoms with van der Waals surface area (Å²) >= 11 is 0. The minimum absolute atomic E-state index is 0.0518. The van der Waals surface area contributed by atoms with Crippen molar-refractivity contribution in [3.8, 4) is 0 Å². The quantitative estimate of drug-likeness (QED) is 0.432. The summed E-state index contributed by atoms with van der Waals surface area (Å²) in [7, 11) is 0. The van der Waals surface area contributed by atoms with Gasteiger partial charge in [-0.05, 0) is 45.4 Å². The monoisotopic (exact) mass is 453 g/mol. The van der Waals surface area contributed by atoms with Crippen molar-refractivity contribution in [3.05, 3.63) is 99.8 Å². The Balaban J connectivity index is 1.56. The van der Waals surface area contributed by atoms with Gasteiger partial charge in [0.15, 0.2) is 0 Å². The first-order valence-electron chi connectivity index (χ1n) is 11.6. The van der Waals surface area contributed by atoms with Crippen LogP contribution in [0.1, 0.15) is 60.4 Å². The Labute approximate surface area is 198 Å². The minimum Gasteiger partial charge on any atom is -0.733 e. The van der Waals surface area contributed by atoms with E-state index in [1.165, 1.54) is 17.7 Å². The molecule has 2 amide bonds. The van der Waals surface area contributed by atoms with Crippen LogP contribution in [0.4, 0.5) is 11.4 Å². The van der Waals surface area contributed by atoms with E-state index in [2.05, 4.69) is 51.1 Å². The van der Waals surface area contributed by atoms with E-state index in [9.17, 15) is 20.0 Å². The van der Waals surface area contributed by atoms with Crippen molar-refractivity contribution in [1.29, 1.82) is 0 Å². The number of hydrogen-bond donors (Lipinski definition) is 1. The number of amides is 2. The van der Waals surface area contributed by atoms with Crippen LogP contribution < -0.4 is 10.1 Å². The molecule has 34 heavy (non-hydrogen) atoms. The van der Waals surface area contributed by atoms with Gasteiger partial charge in [-0.3, -0.25) is 14.8 Å². The Morgan fingerprint density at radius 2 is 1.32 bits per heavy atom. The van der Waals surface area contributed by atoms with Crippen molar-refractivity contribution in [2.45, 2.75) is 38.0 Å². The highest BCUT2D eigenvalue weighted by molar-refractivity contribution is 6.24. The van der Waals surface area contributed by atoms with Gasteiger partial charge in [0.2, 0.25) is 11.8 Å². The third kappa shape index (κ3) is 2.70. The number of para-hydroxylation sites is 2. The fourth-order valence-corrected chi connectivity index (χ4v) is 6.25. The lowest BCUT2D eigenvalue weighted by Gasteiger charge is -2.46. The number of hydrogen-bond acceptors (Lipinski definition) is 5. The third-order valence-corrected chi connectivity index (χ3v) is 7.73. The van der Waals surface area contributed by atoms with Gasteiger partial charge in [0.05, 0.1) is 23.2 Å². The highest BCUT2D eigenvalue weighted by Crippen LogP contribution is 2.62. The van der Waals surface area contributed by atoms with E-state index in [1.54, 1.807) is 12.1 Å². The first kappa shape index (κ1) is 21.1. The average molecular weight is 454 g/mol. The zero-order valence-corrected chi connectivity index (χ0v) is 19.2. The molecule has 3 aromatic carbocycles. The van der Waals surface area contributed by atoms with E-state index < -0.39 is 11.8 Å². The molecule has 1 N–H and O–H groups in total. The number of benzene rings is 3. The minimum atomic E-state index is -0.554. The van der Waals surface area contributed by atoms with E-state index in [0.29, 0.717) is 0 Å². The standard InChI is InChI=1S/C28H25N2O4/c1-28(2,3)15-12-13-18-19(14-15)23-17-9-5-4-8-16(17)22(18)24-25(23)27(32)29(26(24)31)20-10-6-7-11-21(20)30(33)34/h4-14,22-25,33H,1-3H3/q-1. The first-order chi connectivity index (χ1) is 16.2. The number of rotatable bonds is 2. The summed E-state index contributed by atoms with van der Waals surface area (Å²) in [5.41, 5.74) is 5.53. The molecular weight excluding hydrogens is 428 g/mol. The van der Waals surface area contributed by atoms with E-state index in [-0.39, 0.29) is 45.7 Å². The topological polar surface area (TPSA) is 83.9 Å². The van der Waals surface area contributed by atoms with Crippen LogP contribution in [0.3, 0.4) is 0 Å². The van der Waals surface area contributed by atoms with Crippen LogP contribution in [0.2, 0.25) is 0 Å². The number of imide groups is 1. The summed E-state index contributed by atoms with van der Waals surface area (Å²) in [6.45, 7) is 6.50. The number of anilines is 2. The van der Waals surface area contributed by atoms with Crippen molar-refractivity contribution >= 4 is 23.2 Å². The van der Waals surface area contributed by atoms with Gasteiger partial charge < -0.3 is 10.4 Å². The molecule has 7 rings (SSSR count). The second kappa shape index (κ2) is 7.01. The van der Waals surface area contributed by atoms with Gasteiger partial charge in [0, 0.05) is 11.8 Å². The molecule has 0 radical (unpaired) electrons. The molecule has 6 nitrogen and oxygen atoms in total. The van der Waals surface area contributed by atoms with Crippen LogP contribution in [-0.4, -0.2) is 17.0 Å². The summed E-state index contributed by atoms with van der Waals surface area (Å²) in [5, 5.41) is 21.1. The van der Waals surface area contributed by atoms with Gasteiger partial charge in [-0.1, -0.05) is 75.4 Å². The smallest absolute Gasteiger partial charge is 0.238 e. The fourth-order valence-electron chi connectivity index (χ4n) is 6.25. The maximum atomic E-state index is 13.9. The van der Waals surface area contributed by atoms with Crippen LogP contribution >= 0.6 is 0 Å². The van der Waals surface area contributed by atoms with Gasteiger partial charge in [0.25, 0.3) is 0 Å². The first-order valence-corrected chi connectivity index (χ1v) is 11.6. The molecule has 4 unspecified atom stereocenters. The predicted octanol–water partition coefficient (Wildman–Crippen LogP) is 5.07. The van der Waals surface area contributed by atoms with Crippen LogP contribution in [0.5, 0.6) is 0 Å². The molecule has 3 aromatic rings. The Morgan fingerprint density at radius 1 is 0.794 bits per heavy atom. The van der Waals surface area contributed by atoms with Crippen LogP contribution in [0.15, 0.2) is 66.7 Å². The summed E-state index contributed by atoms with van der Waals surface area (Å²) in [4.78, 5) is 28.9. The van der Waals surface area contributed by atoms with Gasteiger partial charge in [-0.25, -0.2) is 4.90 Å². The summed E-state index contributed by atoms with van der Waals surface area (Å²) < 4.78 is 0. The lowest BCUT2D eigenvalue weighted by atomic mass is 9.54. The van der Waals surface area contributed by atoms with Crippen LogP contribution in [0, 0.1) is 17.0 Å². The van der Waals surface area contributed by atoms with Crippen molar-refractivity contribution in [2.75, 3.05) is 10.1 Å². The molecule has 0 saturated carbocycles. The molecule has 4 atom stereocenters. The van der Waals surface area contributed by atoms with E-state index in [0.717, 1.165) is 27.2 Å². The summed E-state index contributed by atoms with van der Waals surface area (Å²) in [6.07, 6.45) is 0. The number of carbonyl (C=O) groups excluding carboxylic acids is 2. The second-order valence-corrected chi connectivity index (χ2v) is 10.5. The normalized spacial score (nSPS) is 24.7. The Kier molecular flexibility index (Phi) is 4.35. The molecule has 0 aromatic heterocycles. The lowest BCUT2D eigenvalue weighted by molar-refractivity contribution is -0.122. The predicted molar refractivity (Wildman–Crippen MR) is 129 cm³/mol. The molecule has 6 heteroatoms. The molecule has 1 heterocycles. The molecule has 3 aliphatic carbocycles. The SMILES string of the molecule is CC(C)(C)c1ccc2c(c1)C1c3ccccc3C2C2C(=O)N(c3ccccc3N([O-])O)C(=O)C12. The fraction of sp³-hybridized carbons (Fsp3) is 0.286. The third-order valence-electron chi connectivity index (χ3n) is 7.73. The Hall–Kier alpha value is -3.48. The van der Waals surface area contributed by atoms with E-state index in [1.807, 2.05) is 12.1 Å². The Bertz CT molecular complexity index is 1360. The average Bonchev–Trinajstić information content (AvgIpc) is 3.08. The van der Waals surface area contributed by atoms with Crippen molar-refractivity contribution in [2.24, 2.45) is 11.8 Å². The number of carbonyl (C=O) groups is 2. The summed E-state index contributed by atoms with van der Waals surface area (Å²) in [5.74, 6) is -2.22. The molecule has 1 saturated heterocycles. The zero-order chi connectivity index (χ0) is 23.9. The zero-order valence-electron chi connectivity index (χ0n) is 19.2. The molecule has 4 aliphatic rings. The van der Waals surface area contributed by atoms with Crippen molar-refractivity contribution in [3.63, 3.8) is 0 Å². The maximum Gasteiger partial charge on any atom is 0.238 e. The van der Waals surface area contributed by atoms with Gasteiger partial charge in [0.1, 0.15) is 0 Å². The Morgan fingerprint density at radius 3 is 1.91 bits per heavy atom. The lowest BCUT2D eigenvalue weighted by Crippen LogP contribution is -2.41. The van der Waals surface area contributed by atoms with Crippen molar-refractivity contribution < 1.29 is 14.8 Å². The second-order valence-electron chi connectivity index (χ2n) is 10.5. The molecule has 172 valence electrons. The van der Waals surface area contributed by atoms with Gasteiger partial charge in [-0.15, -0.1) is 0 Å². The molecule has 2 bridgehead atoms. The van der Waals surface area contributed by atoms with Crippen LogP contribution in [0.25, 0.3) is 0 Å². The molecular formula is C28H25N2O4-.